The lowest BCUT2D eigenvalue weighted by atomic mass is 10.0. The summed E-state index contributed by atoms with van der Waals surface area (Å²) in [7, 11) is 0. The van der Waals surface area contributed by atoms with Gasteiger partial charge in [0.05, 0.1) is 6.61 Å². The van der Waals surface area contributed by atoms with E-state index < -0.39 is 0 Å². The van der Waals surface area contributed by atoms with Crippen molar-refractivity contribution in [1.82, 2.24) is 0 Å². The van der Waals surface area contributed by atoms with E-state index >= 15 is 0 Å². The van der Waals surface area contributed by atoms with Crippen LogP contribution in [0.4, 0.5) is 0 Å². The van der Waals surface area contributed by atoms with E-state index in [0.29, 0.717) is 0 Å². The van der Waals surface area contributed by atoms with Gasteiger partial charge in [-0.2, -0.15) is 0 Å². The lowest BCUT2D eigenvalue weighted by molar-refractivity contribution is 0.205. The van der Waals surface area contributed by atoms with E-state index in [4.69, 9.17) is 4.74 Å². The standard InChI is InChI=1S/C17H35O/c1-3-5-6-7-8-9-10-11-12-13-14-15-16-17-18-4-2/h17H,3-16H2,1-2H3. The maximum Gasteiger partial charge on any atom is 0.0836 e. The molecule has 0 aliphatic heterocycles. The molecule has 0 saturated carbocycles. The second-order valence-electron chi connectivity index (χ2n) is 5.30. The lowest BCUT2D eigenvalue weighted by Gasteiger charge is -2.03. The van der Waals surface area contributed by atoms with Gasteiger partial charge in [-0.25, -0.2) is 0 Å². The molecular formula is C17H35O. The predicted molar refractivity (Wildman–Crippen MR) is 81.6 cm³/mol. The molecule has 0 aliphatic rings. The number of hydrogen-bond acceptors (Lipinski definition) is 1. The second-order valence-corrected chi connectivity index (χ2v) is 5.30. The Morgan fingerprint density at radius 1 is 0.611 bits per heavy atom. The van der Waals surface area contributed by atoms with Crippen LogP contribution in [-0.4, -0.2) is 6.61 Å². The Kier molecular flexibility index (Phi) is 16.9. The topological polar surface area (TPSA) is 9.23 Å². The van der Waals surface area contributed by atoms with Crippen molar-refractivity contribution in [2.75, 3.05) is 6.61 Å². The first-order valence-electron chi connectivity index (χ1n) is 8.35. The molecule has 109 valence electrons. The van der Waals surface area contributed by atoms with Gasteiger partial charge in [-0.15, -0.1) is 0 Å². The molecule has 0 aliphatic carbocycles. The van der Waals surface area contributed by atoms with Crippen molar-refractivity contribution in [3.05, 3.63) is 6.61 Å². The van der Waals surface area contributed by atoms with Crippen LogP contribution in [0.25, 0.3) is 0 Å². The summed E-state index contributed by atoms with van der Waals surface area (Å²) in [6, 6.07) is 0. The van der Waals surface area contributed by atoms with Gasteiger partial charge < -0.3 is 4.74 Å². The maximum absolute atomic E-state index is 5.21. The first-order chi connectivity index (χ1) is 8.91. The molecule has 0 amide bonds. The Bertz CT molecular complexity index is 118. The molecule has 0 aromatic carbocycles. The van der Waals surface area contributed by atoms with E-state index in [9.17, 15) is 0 Å². The monoisotopic (exact) mass is 255 g/mol. The third-order valence-corrected chi connectivity index (χ3v) is 3.46. The average molecular weight is 255 g/mol. The molecule has 0 bridgehead atoms. The van der Waals surface area contributed by atoms with Crippen LogP contribution in [0.1, 0.15) is 97.3 Å². The molecule has 0 aromatic heterocycles. The van der Waals surface area contributed by atoms with Gasteiger partial charge in [0.1, 0.15) is 0 Å². The van der Waals surface area contributed by atoms with E-state index in [2.05, 4.69) is 6.92 Å². The summed E-state index contributed by atoms with van der Waals surface area (Å²) < 4.78 is 5.21. The van der Waals surface area contributed by atoms with Crippen LogP contribution in [0, 0.1) is 6.61 Å². The zero-order valence-electron chi connectivity index (χ0n) is 12.9. The Morgan fingerprint density at radius 3 is 1.50 bits per heavy atom. The Hall–Kier alpha value is -0.0400. The van der Waals surface area contributed by atoms with Gasteiger partial charge in [-0.1, -0.05) is 84.0 Å². The van der Waals surface area contributed by atoms with Gasteiger partial charge in [0.25, 0.3) is 0 Å². The van der Waals surface area contributed by atoms with Crippen LogP contribution in [0.5, 0.6) is 0 Å². The summed E-state index contributed by atoms with van der Waals surface area (Å²) >= 11 is 0. The summed E-state index contributed by atoms with van der Waals surface area (Å²) in [4.78, 5) is 0. The molecule has 0 heterocycles. The molecular weight excluding hydrogens is 220 g/mol. The van der Waals surface area contributed by atoms with Crippen molar-refractivity contribution < 1.29 is 4.74 Å². The Labute approximate surface area is 116 Å². The Balaban J connectivity index is 2.86. The highest BCUT2D eigenvalue weighted by Gasteiger charge is 1.93. The Morgan fingerprint density at radius 2 is 1.06 bits per heavy atom. The third kappa shape index (κ3) is 16.0. The van der Waals surface area contributed by atoms with E-state index in [1.165, 1.54) is 77.0 Å². The fraction of sp³-hybridized carbons (Fsp3) is 0.941. The SMILES string of the molecule is CCCCCCCCCCCCCC[CH]OCC. The average Bonchev–Trinajstić information content (AvgIpc) is 2.39. The molecule has 18 heavy (non-hydrogen) atoms. The highest BCUT2D eigenvalue weighted by molar-refractivity contribution is 4.52. The first-order valence-corrected chi connectivity index (χ1v) is 8.35. The third-order valence-electron chi connectivity index (χ3n) is 3.46. The molecule has 0 aromatic rings. The number of unbranched alkanes of at least 4 members (excludes halogenated alkanes) is 12. The highest BCUT2D eigenvalue weighted by Crippen LogP contribution is 2.12. The first kappa shape index (κ1) is 18.0. The van der Waals surface area contributed by atoms with Crippen molar-refractivity contribution in [2.45, 2.75) is 97.3 Å². The predicted octanol–water partition coefficient (Wildman–Crippen LogP) is 6.28. The van der Waals surface area contributed by atoms with Gasteiger partial charge in [-0.3, -0.25) is 0 Å². The molecule has 0 N–H and O–H groups in total. The van der Waals surface area contributed by atoms with Gasteiger partial charge in [0.15, 0.2) is 0 Å². The van der Waals surface area contributed by atoms with Crippen molar-refractivity contribution in [3.63, 3.8) is 0 Å². The normalized spacial score (nSPS) is 11.0. The smallest absolute Gasteiger partial charge is 0.0836 e. The van der Waals surface area contributed by atoms with Crippen molar-refractivity contribution in [1.29, 1.82) is 0 Å². The largest absolute Gasteiger partial charge is 0.376 e. The van der Waals surface area contributed by atoms with Gasteiger partial charge in [-0.05, 0) is 13.3 Å². The van der Waals surface area contributed by atoms with Crippen LogP contribution >= 0.6 is 0 Å². The number of ether oxygens (including phenoxy) is 1. The minimum atomic E-state index is 0.818. The molecule has 1 radical (unpaired) electrons. The van der Waals surface area contributed by atoms with Crippen LogP contribution in [-0.2, 0) is 4.74 Å². The second kappa shape index (κ2) is 17.0. The van der Waals surface area contributed by atoms with E-state index in [0.717, 1.165) is 13.0 Å². The van der Waals surface area contributed by atoms with Crippen LogP contribution in [0.3, 0.4) is 0 Å². The summed E-state index contributed by atoms with van der Waals surface area (Å²) in [5, 5.41) is 0. The molecule has 0 atom stereocenters. The quantitative estimate of drug-likeness (QED) is 0.313. The number of rotatable bonds is 15. The van der Waals surface area contributed by atoms with Gasteiger partial charge in [0.2, 0.25) is 0 Å². The van der Waals surface area contributed by atoms with Crippen molar-refractivity contribution in [2.24, 2.45) is 0 Å². The van der Waals surface area contributed by atoms with Crippen molar-refractivity contribution >= 4 is 0 Å². The minimum Gasteiger partial charge on any atom is -0.376 e. The summed E-state index contributed by atoms with van der Waals surface area (Å²) in [5.74, 6) is 0. The summed E-state index contributed by atoms with van der Waals surface area (Å²) in [6.07, 6.45) is 18.2. The lowest BCUT2D eigenvalue weighted by Crippen LogP contribution is -1.87. The van der Waals surface area contributed by atoms with Crippen molar-refractivity contribution in [3.8, 4) is 0 Å². The van der Waals surface area contributed by atoms with Gasteiger partial charge >= 0.3 is 0 Å². The molecule has 0 unspecified atom stereocenters. The van der Waals surface area contributed by atoms with Crippen LogP contribution < -0.4 is 0 Å². The fourth-order valence-corrected chi connectivity index (χ4v) is 2.27. The van der Waals surface area contributed by atoms with E-state index in [1.807, 2.05) is 13.5 Å². The van der Waals surface area contributed by atoms with Gasteiger partial charge in [0, 0.05) is 6.61 Å². The highest BCUT2D eigenvalue weighted by atomic mass is 16.5. The number of hydrogen-bond donors (Lipinski definition) is 0. The fourth-order valence-electron chi connectivity index (χ4n) is 2.27. The molecule has 0 fully saturated rings. The summed E-state index contributed by atoms with van der Waals surface area (Å²) in [5.41, 5.74) is 0. The van der Waals surface area contributed by atoms with E-state index in [1.54, 1.807) is 0 Å². The van der Waals surface area contributed by atoms with E-state index in [-0.39, 0.29) is 0 Å². The molecule has 0 spiro atoms. The maximum atomic E-state index is 5.21. The zero-order chi connectivity index (χ0) is 13.3. The van der Waals surface area contributed by atoms with Crippen LogP contribution in [0.15, 0.2) is 0 Å². The molecule has 0 saturated heterocycles. The minimum absolute atomic E-state index is 0.818. The molecule has 1 nitrogen and oxygen atoms in total. The molecule has 1 heteroatoms. The van der Waals surface area contributed by atoms with Crippen LogP contribution in [0.2, 0.25) is 0 Å². The summed E-state index contributed by atoms with van der Waals surface area (Å²) in [6.45, 7) is 7.11. The molecule has 0 rings (SSSR count). The zero-order valence-corrected chi connectivity index (χ0v) is 12.9.